The number of allylic oxidation sites excluding steroid dienone is 1. The third kappa shape index (κ3) is 1.64. The molecule has 0 unspecified atom stereocenters. The second kappa shape index (κ2) is 2.97. The largest absolute Gasteiger partial charge is 0.516 e. The van der Waals surface area contributed by atoms with E-state index >= 15 is 0 Å². The number of aliphatic hydroxyl groups excluding tert-OH is 1. The number of furan rings is 1. The highest BCUT2D eigenvalue weighted by atomic mass is 16.3. The summed E-state index contributed by atoms with van der Waals surface area (Å²) in [5, 5.41) is 8.24. The summed E-state index contributed by atoms with van der Waals surface area (Å²) in [6.07, 6.45) is 4.91. The van der Waals surface area contributed by atoms with Crippen LogP contribution in [-0.4, -0.2) is 5.11 Å². The highest BCUT2D eigenvalue weighted by Crippen LogP contribution is 2.00. The topological polar surface area (TPSA) is 33.4 Å². The highest BCUT2D eigenvalue weighted by molar-refractivity contribution is 5.02. The molecule has 0 fully saturated rings. The van der Waals surface area contributed by atoms with E-state index in [1.165, 1.54) is 0 Å². The van der Waals surface area contributed by atoms with Crippen LogP contribution in [0.1, 0.15) is 5.76 Å². The molecule has 2 nitrogen and oxygen atoms in total. The van der Waals surface area contributed by atoms with E-state index in [-0.39, 0.29) is 0 Å². The molecule has 0 spiro atoms. The number of aliphatic hydroxyl groups is 1. The number of hydrogen-bond acceptors (Lipinski definition) is 2. The van der Waals surface area contributed by atoms with E-state index in [1.807, 2.05) is 12.1 Å². The van der Waals surface area contributed by atoms with Gasteiger partial charge in [0.25, 0.3) is 0 Å². The van der Waals surface area contributed by atoms with Gasteiger partial charge >= 0.3 is 0 Å². The Hall–Kier alpha value is -1.18. The van der Waals surface area contributed by atoms with Crippen LogP contribution < -0.4 is 0 Å². The van der Waals surface area contributed by atoms with Crippen molar-refractivity contribution in [1.29, 1.82) is 0 Å². The zero-order valence-corrected chi connectivity index (χ0v) is 4.95. The molecule has 0 saturated carbocycles. The van der Waals surface area contributed by atoms with Crippen LogP contribution in [0.4, 0.5) is 0 Å². The summed E-state index contributed by atoms with van der Waals surface area (Å²) >= 11 is 0. The van der Waals surface area contributed by atoms with Crippen LogP contribution in [0.15, 0.2) is 35.2 Å². The van der Waals surface area contributed by atoms with Gasteiger partial charge in [0.1, 0.15) is 5.76 Å². The van der Waals surface area contributed by atoms with Gasteiger partial charge in [-0.2, -0.15) is 0 Å². The molecule has 0 aliphatic heterocycles. The van der Waals surface area contributed by atoms with E-state index in [1.54, 1.807) is 12.3 Å². The van der Waals surface area contributed by atoms with Crippen molar-refractivity contribution in [3.63, 3.8) is 0 Å². The molecule has 0 aliphatic rings. The van der Waals surface area contributed by atoms with Crippen molar-refractivity contribution in [3.05, 3.63) is 36.5 Å². The summed E-state index contributed by atoms with van der Waals surface area (Å²) < 4.78 is 4.97. The molecule has 0 amide bonds. The summed E-state index contributed by atoms with van der Waals surface area (Å²) in [7, 11) is 0. The SMILES string of the molecule is OC=CCc1ccco1. The molecule has 1 N–H and O–H groups in total. The summed E-state index contributed by atoms with van der Waals surface area (Å²) in [4.78, 5) is 0. The standard InChI is InChI=1S/C7H8O2/c8-5-1-3-7-4-2-6-9-7/h1-2,4-6,8H,3H2. The van der Waals surface area contributed by atoms with Crippen LogP contribution in [-0.2, 0) is 6.42 Å². The predicted molar refractivity (Wildman–Crippen MR) is 34.2 cm³/mol. The monoisotopic (exact) mass is 124 g/mol. The van der Waals surface area contributed by atoms with Gasteiger partial charge in [0.2, 0.25) is 0 Å². The Kier molecular flexibility index (Phi) is 1.96. The fourth-order valence-corrected chi connectivity index (χ4v) is 0.598. The molecule has 0 bridgehead atoms. The Bertz CT molecular complexity index is 175. The fraction of sp³-hybridized carbons (Fsp3) is 0.143. The molecule has 0 aromatic carbocycles. The minimum absolute atomic E-state index is 0.656. The van der Waals surface area contributed by atoms with Crippen molar-refractivity contribution < 1.29 is 9.52 Å². The van der Waals surface area contributed by atoms with Crippen LogP contribution in [0, 0.1) is 0 Å². The van der Waals surface area contributed by atoms with E-state index in [0.29, 0.717) is 6.42 Å². The first-order chi connectivity index (χ1) is 4.43. The lowest BCUT2D eigenvalue weighted by Gasteiger charge is -1.83. The molecular weight excluding hydrogens is 116 g/mol. The third-order valence-corrected chi connectivity index (χ3v) is 1.00. The van der Waals surface area contributed by atoms with Gasteiger partial charge in [-0.15, -0.1) is 0 Å². The van der Waals surface area contributed by atoms with Crippen LogP contribution in [0.3, 0.4) is 0 Å². The van der Waals surface area contributed by atoms with Crippen molar-refractivity contribution in [3.8, 4) is 0 Å². The Labute approximate surface area is 53.4 Å². The molecule has 1 heterocycles. The molecule has 9 heavy (non-hydrogen) atoms. The van der Waals surface area contributed by atoms with Crippen molar-refractivity contribution in [2.45, 2.75) is 6.42 Å². The molecule has 0 saturated heterocycles. The Morgan fingerprint density at radius 2 is 2.56 bits per heavy atom. The normalized spacial score (nSPS) is 10.7. The van der Waals surface area contributed by atoms with Gasteiger partial charge in [-0.3, -0.25) is 0 Å². The number of rotatable bonds is 2. The first-order valence-corrected chi connectivity index (χ1v) is 2.75. The van der Waals surface area contributed by atoms with Gasteiger partial charge in [-0.25, -0.2) is 0 Å². The average Bonchev–Trinajstić information content (AvgIpc) is 2.34. The maximum Gasteiger partial charge on any atom is 0.107 e. The molecule has 0 radical (unpaired) electrons. The van der Waals surface area contributed by atoms with Crippen LogP contribution in [0.2, 0.25) is 0 Å². The quantitative estimate of drug-likeness (QED) is 0.611. The van der Waals surface area contributed by atoms with Gasteiger partial charge < -0.3 is 9.52 Å². The summed E-state index contributed by atoms with van der Waals surface area (Å²) in [5.74, 6) is 0.861. The van der Waals surface area contributed by atoms with Gasteiger partial charge in [0.15, 0.2) is 0 Å². The van der Waals surface area contributed by atoms with Crippen LogP contribution in [0.25, 0.3) is 0 Å². The Morgan fingerprint density at radius 3 is 3.11 bits per heavy atom. The van der Waals surface area contributed by atoms with Crippen LogP contribution >= 0.6 is 0 Å². The zero-order chi connectivity index (χ0) is 6.53. The summed E-state index contributed by atoms with van der Waals surface area (Å²) in [6.45, 7) is 0. The lowest BCUT2D eigenvalue weighted by atomic mass is 10.3. The van der Waals surface area contributed by atoms with E-state index in [4.69, 9.17) is 9.52 Å². The molecule has 1 aromatic heterocycles. The smallest absolute Gasteiger partial charge is 0.107 e. The van der Waals surface area contributed by atoms with Gasteiger partial charge in [-0.1, -0.05) is 0 Å². The zero-order valence-electron chi connectivity index (χ0n) is 4.95. The Morgan fingerprint density at radius 1 is 1.67 bits per heavy atom. The molecule has 48 valence electrons. The minimum Gasteiger partial charge on any atom is -0.516 e. The van der Waals surface area contributed by atoms with Gasteiger partial charge in [-0.05, 0) is 18.2 Å². The maximum atomic E-state index is 8.24. The summed E-state index contributed by atoms with van der Waals surface area (Å²) in [6, 6.07) is 3.68. The molecule has 0 aliphatic carbocycles. The third-order valence-electron chi connectivity index (χ3n) is 1.00. The Balaban J connectivity index is 2.48. The average molecular weight is 124 g/mol. The van der Waals surface area contributed by atoms with E-state index in [2.05, 4.69) is 0 Å². The fourth-order valence-electron chi connectivity index (χ4n) is 0.598. The van der Waals surface area contributed by atoms with Crippen molar-refractivity contribution >= 4 is 0 Å². The lowest BCUT2D eigenvalue weighted by Crippen LogP contribution is -1.71. The van der Waals surface area contributed by atoms with Gasteiger partial charge in [0.05, 0.1) is 12.5 Å². The van der Waals surface area contributed by atoms with E-state index in [9.17, 15) is 0 Å². The summed E-state index contributed by atoms with van der Waals surface area (Å²) in [5.41, 5.74) is 0. The first kappa shape index (κ1) is 5.95. The van der Waals surface area contributed by atoms with Crippen molar-refractivity contribution in [2.24, 2.45) is 0 Å². The molecular formula is C7H8O2. The molecule has 2 heteroatoms. The predicted octanol–water partition coefficient (Wildman–Crippen LogP) is 1.89. The van der Waals surface area contributed by atoms with Crippen LogP contribution in [0.5, 0.6) is 0 Å². The highest BCUT2D eigenvalue weighted by Gasteiger charge is 1.87. The van der Waals surface area contributed by atoms with Crippen molar-refractivity contribution in [1.82, 2.24) is 0 Å². The van der Waals surface area contributed by atoms with Gasteiger partial charge in [0, 0.05) is 6.42 Å². The second-order valence-corrected chi connectivity index (χ2v) is 1.67. The molecule has 1 aromatic rings. The maximum absolute atomic E-state index is 8.24. The lowest BCUT2D eigenvalue weighted by molar-refractivity contribution is 0.468. The number of hydrogen-bond donors (Lipinski definition) is 1. The van der Waals surface area contributed by atoms with E-state index in [0.717, 1.165) is 12.0 Å². The second-order valence-electron chi connectivity index (χ2n) is 1.67. The molecule has 1 rings (SSSR count). The minimum atomic E-state index is 0.656. The molecule has 0 atom stereocenters. The first-order valence-electron chi connectivity index (χ1n) is 2.75. The van der Waals surface area contributed by atoms with Crippen molar-refractivity contribution in [2.75, 3.05) is 0 Å². The van der Waals surface area contributed by atoms with E-state index < -0.39 is 0 Å².